The molecule has 19 heavy (non-hydrogen) atoms. The van der Waals surface area contributed by atoms with Crippen LogP contribution >= 0.6 is 11.6 Å². The number of hydrogen-bond donors (Lipinski definition) is 0. The molecule has 3 nitrogen and oxygen atoms in total. The zero-order chi connectivity index (χ0) is 13.5. The first-order valence-corrected chi connectivity index (χ1v) is 6.57. The van der Waals surface area contributed by atoms with Crippen LogP contribution in [-0.4, -0.2) is 22.3 Å². The largest absolute Gasteiger partial charge is 0.493 e. The first-order chi connectivity index (χ1) is 9.29. The average molecular weight is 275 g/mol. The van der Waals surface area contributed by atoms with Crippen molar-refractivity contribution in [3.05, 3.63) is 47.8 Å². The lowest BCUT2D eigenvalue weighted by atomic mass is 10.2. The highest BCUT2D eigenvalue weighted by atomic mass is 35.5. The second kappa shape index (κ2) is 6.86. The molecule has 0 atom stereocenters. The molecule has 0 radical (unpaired) electrons. The Morgan fingerprint density at radius 1 is 1.26 bits per heavy atom. The minimum absolute atomic E-state index is 0.350. The number of rotatable bonds is 4. The lowest BCUT2D eigenvalue weighted by Crippen LogP contribution is -2.05. The molecule has 0 spiro atoms. The van der Waals surface area contributed by atoms with Crippen molar-refractivity contribution >= 4 is 11.6 Å². The zero-order valence-electron chi connectivity index (χ0n) is 10.8. The topological polar surface area (TPSA) is 27.1 Å². The number of ether oxygens (including phenoxy) is 1. The summed E-state index contributed by atoms with van der Waals surface area (Å²) < 4.78 is 7.53. The van der Waals surface area contributed by atoms with Crippen molar-refractivity contribution in [3.8, 4) is 17.6 Å². The van der Waals surface area contributed by atoms with Crippen LogP contribution in [0.2, 0.25) is 0 Å². The fourth-order valence-corrected chi connectivity index (χ4v) is 1.76. The van der Waals surface area contributed by atoms with Crippen molar-refractivity contribution in [1.29, 1.82) is 0 Å². The van der Waals surface area contributed by atoms with Crippen LogP contribution in [0.25, 0.3) is 0 Å². The van der Waals surface area contributed by atoms with Crippen molar-refractivity contribution in [3.63, 3.8) is 0 Å². The summed E-state index contributed by atoms with van der Waals surface area (Å²) in [6, 6.07) is 9.69. The number of benzene rings is 1. The Bertz CT molecular complexity index is 578. The molecule has 1 heterocycles. The van der Waals surface area contributed by atoms with Gasteiger partial charge in [0.25, 0.3) is 0 Å². The fraction of sp³-hybridized carbons (Fsp3) is 0.267. The Hall–Kier alpha value is -1.92. The van der Waals surface area contributed by atoms with Crippen molar-refractivity contribution in [2.45, 2.75) is 6.42 Å². The normalized spacial score (nSPS) is 9.79. The van der Waals surface area contributed by atoms with E-state index < -0.39 is 0 Å². The third-order valence-electron chi connectivity index (χ3n) is 2.70. The van der Waals surface area contributed by atoms with E-state index >= 15 is 0 Å². The van der Waals surface area contributed by atoms with E-state index in [1.165, 1.54) is 0 Å². The molecule has 0 bridgehead atoms. The SMILES string of the molecule is Cn1nccc1CCOc1ccc(C#CCCl)cc1. The summed E-state index contributed by atoms with van der Waals surface area (Å²) in [6.07, 6.45) is 2.63. The molecule has 0 amide bonds. The van der Waals surface area contributed by atoms with E-state index in [9.17, 15) is 0 Å². The number of alkyl halides is 1. The maximum absolute atomic E-state index is 5.68. The van der Waals surface area contributed by atoms with Crippen LogP contribution in [0, 0.1) is 11.8 Å². The van der Waals surface area contributed by atoms with Gasteiger partial charge < -0.3 is 4.74 Å². The van der Waals surface area contributed by atoms with E-state index in [-0.39, 0.29) is 0 Å². The van der Waals surface area contributed by atoms with Crippen LogP contribution in [0.3, 0.4) is 0 Å². The third-order valence-corrected chi connectivity index (χ3v) is 2.84. The highest BCUT2D eigenvalue weighted by molar-refractivity contribution is 6.19. The van der Waals surface area contributed by atoms with Gasteiger partial charge in [-0.1, -0.05) is 11.8 Å². The molecule has 4 heteroatoms. The summed E-state index contributed by atoms with van der Waals surface area (Å²) in [5.41, 5.74) is 2.10. The van der Waals surface area contributed by atoms with Crippen molar-refractivity contribution in [2.24, 2.45) is 7.05 Å². The number of aromatic nitrogens is 2. The minimum Gasteiger partial charge on any atom is -0.493 e. The van der Waals surface area contributed by atoms with Gasteiger partial charge in [-0.15, -0.1) is 11.6 Å². The fourth-order valence-electron chi connectivity index (χ4n) is 1.69. The van der Waals surface area contributed by atoms with Crippen LogP contribution in [0.15, 0.2) is 36.5 Å². The molecule has 1 aromatic carbocycles. The van der Waals surface area contributed by atoms with Gasteiger partial charge in [0.2, 0.25) is 0 Å². The van der Waals surface area contributed by atoms with Crippen LogP contribution in [0.1, 0.15) is 11.3 Å². The van der Waals surface area contributed by atoms with Crippen molar-refractivity contribution in [1.82, 2.24) is 9.78 Å². The third kappa shape index (κ3) is 4.04. The maximum Gasteiger partial charge on any atom is 0.119 e. The zero-order valence-corrected chi connectivity index (χ0v) is 11.5. The van der Waals surface area contributed by atoms with Crippen LogP contribution in [0.5, 0.6) is 5.75 Å². The molecule has 1 aromatic heterocycles. The summed E-state index contributed by atoms with van der Waals surface area (Å²) in [5, 5.41) is 4.12. The second-order valence-electron chi connectivity index (χ2n) is 4.00. The smallest absolute Gasteiger partial charge is 0.119 e. The van der Waals surface area contributed by atoms with Crippen molar-refractivity contribution in [2.75, 3.05) is 12.5 Å². The van der Waals surface area contributed by atoms with E-state index in [0.717, 1.165) is 23.4 Å². The van der Waals surface area contributed by atoms with Gasteiger partial charge in [-0.2, -0.15) is 5.10 Å². The summed E-state index contributed by atoms with van der Waals surface area (Å²) in [6.45, 7) is 0.631. The molecular weight excluding hydrogens is 260 g/mol. The first-order valence-electron chi connectivity index (χ1n) is 6.04. The molecular formula is C15H15ClN2O. The van der Waals surface area contributed by atoms with Gasteiger partial charge in [0, 0.05) is 30.9 Å². The number of nitrogens with zero attached hydrogens (tertiary/aromatic N) is 2. The molecule has 0 aliphatic heterocycles. The minimum atomic E-state index is 0.350. The molecule has 0 fully saturated rings. The Morgan fingerprint density at radius 3 is 2.68 bits per heavy atom. The van der Waals surface area contributed by atoms with Gasteiger partial charge in [0.05, 0.1) is 12.5 Å². The van der Waals surface area contributed by atoms with E-state index in [0.29, 0.717) is 12.5 Å². The van der Waals surface area contributed by atoms with Gasteiger partial charge >= 0.3 is 0 Å². The van der Waals surface area contributed by atoms with Gasteiger partial charge in [0.1, 0.15) is 5.75 Å². The number of halogens is 1. The first kappa shape index (κ1) is 13.5. The summed E-state index contributed by atoms with van der Waals surface area (Å²) in [7, 11) is 1.93. The quantitative estimate of drug-likeness (QED) is 0.633. The van der Waals surface area contributed by atoms with Crippen LogP contribution < -0.4 is 4.74 Å². The molecule has 0 aliphatic rings. The van der Waals surface area contributed by atoms with E-state index in [4.69, 9.17) is 16.3 Å². The molecule has 98 valence electrons. The summed E-state index contributed by atoms with van der Waals surface area (Å²) in [4.78, 5) is 0. The predicted molar refractivity (Wildman–Crippen MR) is 76.4 cm³/mol. The van der Waals surface area contributed by atoms with Gasteiger partial charge in [-0.05, 0) is 30.3 Å². The van der Waals surface area contributed by atoms with E-state index in [1.54, 1.807) is 6.20 Å². The highest BCUT2D eigenvalue weighted by Gasteiger charge is 1.99. The van der Waals surface area contributed by atoms with Gasteiger partial charge in [-0.3, -0.25) is 4.68 Å². The molecule has 0 N–H and O–H groups in total. The monoisotopic (exact) mass is 274 g/mol. The van der Waals surface area contributed by atoms with Gasteiger partial charge in [0.15, 0.2) is 0 Å². The lowest BCUT2D eigenvalue weighted by Gasteiger charge is -2.06. The van der Waals surface area contributed by atoms with Gasteiger partial charge in [-0.25, -0.2) is 0 Å². The Morgan fingerprint density at radius 2 is 2.05 bits per heavy atom. The number of aryl methyl sites for hydroxylation is 1. The predicted octanol–water partition coefficient (Wildman–Crippen LogP) is 2.63. The molecule has 2 rings (SSSR count). The Kier molecular flexibility index (Phi) is 4.88. The van der Waals surface area contributed by atoms with Crippen LogP contribution in [0.4, 0.5) is 0 Å². The Balaban J connectivity index is 1.85. The second-order valence-corrected chi connectivity index (χ2v) is 4.27. The Labute approximate surface area is 118 Å². The molecule has 0 saturated heterocycles. The van der Waals surface area contributed by atoms with E-state index in [2.05, 4.69) is 16.9 Å². The number of hydrogen-bond acceptors (Lipinski definition) is 2. The van der Waals surface area contributed by atoms with Crippen LogP contribution in [-0.2, 0) is 13.5 Å². The molecule has 0 unspecified atom stereocenters. The molecule has 0 saturated carbocycles. The molecule has 2 aromatic rings. The maximum atomic E-state index is 5.68. The average Bonchev–Trinajstić information content (AvgIpc) is 2.84. The van der Waals surface area contributed by atoms with E-state index in [1.807, 2.05) is 42.1 Å². The highest BCUT2D eigenvalue weighted by Crippen LogP contribution is 2.12. The standard InChI is InChI=1S/C15H15ClN2O/c1-18-14(8-11-17-18)9-12-19-15-6-4-13(5-7-15)3-2-10-16/h4-8,11H,9-10,12H2,1H3. The lowest BCUT2D eigenvalue weighted by molar-refractivity contribution is 0.318. The van der Waals surface area contributed by atoms with Crippen molar-refractivity contribution < 1.29 is 4.74 Å². The molecule has 0 aliphatic carbocycles. The summed E-state index contributed by atoms with van der Waals surface area (Å²) in [5.74, 6) is 6.97. The summed E-state index contributed by atoms with van der Waals surface area (Å²) >= 11 is 5.51.